The molecule has 15 heavy (non-hydrogen) atoms. The first-order valence-electron chi connectivity index (χ1n) is 6.05. The second-order valence-electron chi connectivity index (χ2n) is 2.82. The number of benzene rings is 1. The molecule has 0 aliphatic rings. The molecule has 0 aromatic heterocycles. The van der Waals surface area contributed by atoms with Crippen LogP contribution in [-0.2, 0) is 6.54 Å². The molecular formula is C14H27N. The van der Waals surface area contributed by atoms with Crippen molar-refractivity contribution in [1.82, 2.24) is 4.90 Å². The van der Waals surface area contributed by atoms with Crippen LogP contribution in [0, 0.1) is 0 Å². The molecule has 1 rings (SSSR count). The lowest BCUT2D eigenvalue weighted by Crippen LogP contribution is -2.16. The van der Waals surface area contributed by atoms with Crippen LogP contribution in [0.3, 0.4) is 0 Å². The summed E-state index contributed by atoms with van der Waals surface area (Å²) >= 11 is 0. The van der Waals surface area contributed by atoms with Crippen LogP contribution in [0.2, 0.25) is 0 Å². The highest BCUT2D eigenvalue weighted by molar-refractivity contribution is 5.14. The van der Waals surface area contributed by atoms with Crippen LogP contribution in [0.1, 0.15) is 40.2 Å². The van der Waals surface area contributed by atoms with E-state index in [1.54, 1.807) is 0 Å². The molecule has 1 aromatic carbocycles. The zero-order chi connectivity index (χ0) is 12.1. The van der Waals surface area contributed by atoms with Crippen molar-refractivity contribution in [3.63, 3.8) is 0 Å². The van der Waals surface area contributed by atoms with E-state index in [1.807, 2.05) is 27.7 Å². The molecule has 0 unspecified atom stereocenters. The zero-order valence-electron chi connectivity index (χ0n) is 11.2. The lowest BCUT2D eigenvalue weighted by molar-refractivity contribution is 0.346. The molecule has 0 saturated carbocycles. The van der Waals surface area contributed by atoms with Crippen LogP contribution >= 0.6 is 0 Å². The minimum atomic E-state index is 1.05. The number of hydrogen-bond donors (Lipinski definition) is 0. The summed E-state index contributed by atoms with van der Waals surface area (Å²) in [5.41, 5.74) is 1.39. The van der Waals surface area contributed by atoms with E-state index in [0.29, 0.717) is 0 Å². The lowest BCUT2D eigenvalue weighted by atomic mass is 10.2. The van der Waals surface area contributed by atoms with Crippen molar-refractivity contribution in [1.29, 1.82) is 0 Å². The molecule has 0 aliphatic heterocycles. The Kier molecular flexibility index (Phi) is 14.6. The Hall–Kier alpha value is -0.820. The maximum absolute atomic E-state index is 2.29. The summed E-state index contributed by atoms with van der Waals surface area (Å²) in [5, 5.41) is 0. The fraction of sp³-hybridized carbons (Fsp3) is 0.571. The lowest BCUT2D eigenvalue weighted by Gasteiger charge is -2.12. The van der Waals surface area contributed by atoms with Gasteiger partial charge in [-0.25, -0.2) is 0 Å². The van der Waals surface area contributed by atoms with Crippen LogP contribution < -0.4 is 0 Å². The van der Waals surface area contributed by atoms with E-state index in [0.717, 1.165) is 13.1 Å². The summed E-state index contributed by atoms with van der Waals surface area (Å²) in [6, 6.07) is 10.5. The van der Waals surface area contributed by atoms with E-state index in [9.17, 15) is 0 Å². The van der Waals surface area contributed by atoms with Gasteiger partial charge in [0.2, 0.25) is 0 Å². The molecular weight excluding hydrogens is 182 g/mol. The van der Waals surface area contributed by atoms with Crippen molar-refractivity contribution in [2.75, 3.05) is 13.6 Å². The summed E-state index contributed by atoms with van der Waals surface area (Å²) in [4.78, 5) is 2.29. The van der Waals surface area contributed by atoms with Gasteiger partial charge < -0.3 is 4.90 Å². The number of nitrogens with zero attached hydrogens (tertiary/aromatic N) is 1. The fourth-order valence-corrected chi connectivity index (χ4v) is 1.01. The Morgan fingerprint density at radius 3 is 1.80 bits per heavy atom. The van der Waals surface area contributed by atoms with E-state index < -0.39 is 0 Å². The normalized spacial score (nSPS) is 8.47. The first-order chi connectivity index (χ1) is 7.33. The van der Waals surface area contributed by atoms with Gasteiger partial charge >= 0.3 is 0 Å². The quantitative estimate of drug-likeness (QED) is 0.721. The molecule has 0 heterocycles. The highest BCUT2D eigenvalue weighted by Crippen LogP contribution is 2.01. The van der Waals surface area contributed by atoms with Crippen molar-refractivity contribution in [2.24, 2.45) is 0 Å². The summed E-state index contributed by atoms with van der Waals surface area (Å²) in [6.45, 7) is 12.3. The van der Waals surface area contributed by atoms with Gasteiger partial charge in [-0.05, 0) is 19.2 Å². The largest absolute Gasteiger partial charge is 0.302 e. The van der Waals surface area contributed by atoms with Gasteiger partial charge in [-0.2, -0.15) is 0 Å². The van der Waals surface area contributed by atoms with Gasteiger partial charge in [0.05, 0.1) is 0 Å². The highest BCUT2D eigenvalue weighted by atomic mass is 15.1. The van der Waals surface area contributed by atoms with E-state index in [4.69, 9.17) is 0 Å². The third-order valence-corrected chi connectivity index (χ3v) is 1.84. The van der Waals surface area contributed by atoms with Crippen molar-refractivity contribution in [2.45, 2.75) is 41.2 Å². The Morgan fingerprint density at radius 2 is 1.40 bits per heavy atom. The third-order valence-electron chi connectivity index (χ3n) is 1.84. The average molecular weight is 209 g/mol. The second-order valence-corrected chi connectivity index (χ2v) is 2.82. The molecule has 0 bridgehead atoms. The fourth-order valence-electron chi connectivity index (χ4n) is 1.01. The molecule has 0 atom stereocenters. The molecule has 0 saturated heterocycles. The van der Waals surface area contributed by atoms with E-state index >= 15 is 0 Å². The number of rotatable bonds is 3. The Labute approximate surface area is 96.1 Å². The summed E-state index contributed by atoms with van der Waals surface area (Å²) < 4.78 is 0. The summed E-state index contributed by atoms with van der Waals surface area (Å²) in [5.74, 6) is 0. The first kappa shape index (κ1) is 16.6. The van der Waals surface area contributed by atoms with Gasteiger partial charge in [0, 0.05) is 6.54 Å². The van der Waals surface area contributed by atoms with Crippen LogP contribution in [0.4, 0.5) is 0 Å². The first-order valence-corrected chi connectivity index (χ1v) is 6.05. The van der Waals surface area contributed by atoms with Crippen molar-refractivity contribution in [3.05, 3.63) is 35.9 Å². The monoisotopic (exact) mass is 209 g/mol. The van der Waals surface area contributed by atoms with Gasteiger partial charge in [0.25, 0.3) is 0 Å². The zero-order valence-corrected chi connectivity index (χ0v) is 11.2. The maximum atomic E-state index is 2.29. The molecule has 1 nitrogen and oxygen atoms in total. The van der Waals surface area contributed by atoms with Crippen LogP contribution in [0.15, 0.2) is 30.3 Å². The Morgan fingerprint density at radius 1 is 0.933 bits per heavy atom. The average Bonchev–Trinajstić information content (AvgIpc) is 2.35. The minimum Gasteiger partial charge on any atom is -0.302 e. The molecule has 0 N–H and O–H groups in total. The standard InChI is InChI=1S/C10H15N.2C2H6/c1-3-11(2)9-10-7-5-4-6-8-10;2*1-2/h4-8H,3,9H2,1-2H3;2*1-2H3. The molecule has 0 radical (unpaired) electrons. The molecule has 0 aliphatic carbocycles. The van der Waals surface area contributed by atoms with Crippen LogP contribution in [0.5, 0.6) is 0 Å². The SMILES string of the molecule is CC.CC.CCN(C)Cc1ccccc1. The van der Waals surface area contributed by atoms with E-state index in [-0.39, 0.29) is 0 Å². The van der Waals surface area contributed by atoms with Crippen molar-refractivity contribution < 1.29 is 0 Å². The summed E-state index contributed by atoms with van der Waals surface area (Å²) in [6.07, 6.45) is 0. The summed E-state index contributed by atoms with van der Waals surface area (Å²) in [7, 11) is 2.13. The molecule has 0 amide bonds. The number of hydrogen-bond acceptors (Lipinski definition) is 1. The third kappa shape index (κ3) is 9.48. The van der Waals surface area contributed by atoms with Crippen molar-refractivity contribution in [3.8, 4) is 0 Å². The second kappa shape index (κ2) is 13.2. The minimum absolute atomic E-state index is 1.05. The maximum Gasteiger partial charge on any atom is 0.0230 e. The smallest absolute Gasteiger partial charge is 0.0230 e. The molecule has 0 spiro atoms. The van der Waals surface area contributed by atoms with Gasteiger partial charge in [0.1, 0.15) is 0 Å². The van der Waals surface area contributed by atoms with Crippen LogP contribution in [-0.4, -0.2) is 18.5 Å². The Balaban J connectivity index is 0. The van der Waals surface area contributed by atoms with E-state index in [1.165, 1.54) is 5.56 Å². The van der Waals surface area contributed by atoms with Crippen LogP contribution in [0.25, 0.3) is 0 Å². The van der Waals surface area contributed by atoms with Gasteiger partial charge in [-0.15, -0.1) is 0 Å². The molecule has 0 fully saturated rings. The molecule has 1 heteroatoms. The Bertz CT molecular complexity index is 194. The van der Waals surface area contributed by atoms with Gasteiger partial charge in [0.15, 0.2) is 0 Å². The predicted octanol–water partition coefficient (Wildman–Crippen LogP) is 4.19. The predicted molar refractivity (Wildman–Crippen MR) is 71.1 cm³/mol. The highest BCUT2D eigenvalue weighted by Gasteiger charge is 1.94. The van der Waals surface area contributed by atoms with E-state index in [2.05, 4.69) is 49.2 Å². The topological polar surface area (TPSA) is 3.24 Å². The van der Waals surface area contributed by atoms with Gasteiger partial charge in [-0.3, -0.25) is 0 Å². The van der Waals surface area contributed by atoms with Gasteiger partial charge in [-0.1, -0.05) is 65.0 Å². The molecule has 1 aromatic rings. The molecule has 88 valence electrons. The van der Waals surface area contributed by atoms with Crippen molar-refractivity contribution >= 4 is 0 Å².